The van der Waals surface area contributed by atoms with E-state index in [2.05, 4.69) is 5.32 Å². The fourth-order valence-corrected chi connectivity index (χ4v) is 1.72. The minimum Gasteiger partial charge on any atom is -0.481 e. The first-order valence-electron chi connectivity index (χ1n) is 4.78. The van der Waals surface area contributed by atoms with Gasteiger partial charge in [-0.15, -0.1) is 0 Å². The number of hydrogen-bond donors (Lipinski definition) is 2. The fourth-order valence-electron chi connectivity index (χ4n) is 1.72. The summed E-state index contributed by atoms with van der Waals surface area (Å²) in [7, 11) is 0. The molecule has 0 aliphatic carbocycles. The van der Waals surface area contributed by atoms with Crippen LogP contribution >= 0.6 is 0 Å². The molecule has 1 aromatic rings. The highest BCUT2D eigenvalue weighted by molar-refractivity contribution is 5.94. The summed E-state index contributed by atoms with van der Waals surface area (Å²) in [5, 5.41) is 11.4. The number of aryl methyl sites for hydroxylation is 1. The van der Waals surface area contributed by atoms with E-state index in [9.17, 15) is 9.59 Å². The van der Waals surface area contributed by atoms with Crippen LogP contribution in [0.1, 0.15) is 17.5 Å². The molecule has 0 atom stereocenters. The summed E-state index contributed by atoms with van der Waals surface area (Å²) < 4.78 is 0. The zero-order valence-corrected chi connectivity index (χ0v) is 8.12. The summed E-state index contributed by atoms with van der Waals surface area (Å²) in [5.74, 6) is -0.816. The van der Waals surface area contributed by atoms with Gasteiger partial charge >= 0.3 is 5.97 Å². The van der Waals surface area contributed by atoms with Crippen LogP contribution in [0.5, 0.6) is 0 Å². The number of aliphatic carboxylic acids is 1. The maximum absolute atomic E-state index is 11.1. The summed E-state index contributed by atoms with van der Waals surface area (Å²) in [5.41, 5.74) is 2.60. The van der Waals surface area contributed by atoms with Crippen LogP contribution in [0.15, 0.2) is 18.2 Å². The van der Waals surface area contributed by atoms with Crippen molar-refractivity contribution in [2.45, 2.75) is 19.3 Å². The molecule has 1 aromatic carbocycles. The minimum absolute atomic E-state index is 0.0217. The lowest BCUT2D eigenvalue weighted by Crippen LogP contribution is -2.19. The number of amides is 1. The third kappa shape index (κ3) is 2.15. The number of carbonyl (C=O) groups is 2. The van der Waals surface area contributed by atoms with Crippen molar-refractivity contribution in [1.29, 1.82) is 0 Å². The zero-order chi connectivity index (χ0) is 10.8. The highest BCUT2D eigenvalue weighted by Crippen LogP contribution is 2.23. The maximum atomic E-state index is 11.1. The van der Waals surface area contributed by atoms with Crippen LogP contribution in [0.3, 0.4) is 0 Å². The lowest BCUT2D eigenvalue weighted by molar-refractivity contribution is -0.136. The number of rotatable bonds is 2. The smallest absolute Gasteiger partial charge is 0.307 e. The van der Waals surface area contributed by atoms with Crippen molar-refractivity contribution in [3.63, 3.8) is 0 Å². The van der Waals surface area contributed by atoms with Gasteiger partial charge in [-0.1, -0.05) is 12.1 Å². The van der Waals surface area contributed by atoms with Crippen LogP contribution in [0.2, 0.25) is 0 Å². The molecule has 1 aliphatic rings. The molecule has 4 heteroatoms. The first-order chi connectivity index (χ1) is 7.15. The Morgan fingerprint density at radius 3 is 2.93 bits per heavy atom. The number of hydrogen-bond acceptors (Lipinski definition) is 2. The molecular formula is C11H11NO3. The Labute approximate surface area is 86.9 Å². The molecule has 0 aromatic heterocycles. The average molecular weight is 205 g/mol. The van der Waals surface area contributed by atoms with Crippen molar-refractivity contribution in [2.75, 3.05) is 5.32 Å². The Hall–Kier alpha value is -1.84. The molecule has 0 saturated carbocycles. The van der Waals surface area contributed by atoms with Gasteiger partial charge in [0.05, 0.1) is 6.42 Å². The lowest BCUT2D eigenvalue weighted by atomic mass is 9.99. The van der Waals surface area contributed by atoms with Gasteiger partial charge in [0.25, 0.3) is 0 Å². The van der Waals surface area contributed by atoms with E-state index in [1.807, 2.05) is 6.07 Å². The first-order valence-corrected chi connectivity index (χ1v) is 4.78. The molecule has 2 N–H and O–H groups in total. The highest BCUT2D eigenvalue weighted by atomic mass is 16.4. The summed E-state index contributed by atoms with van der Waals surface area (Å²) in [4.78, 5) is 21.6. The van der Waals surface area contributed by atoms with Gasteiger partial charge in [-0.05, 0) is 23.6 Å². The van der Waals surface area contributed by atoms with Gasteiger partial charge in [0.15, 0.2) is 0 Å². The molecule has 0 saturated heterocycles. The summed E-state index contributed by atoms with van der Waals surface area (Å²) in [6.07, 6.45) is 1.19. The largest absolute Gasteiger partial charge is 0.481 e. The summed E-state index contributed by atoms with van der Waals surface area (Å²) in [6.45, 7) is 0. The van der Waals surface area contributed by atoms with Gasteiger partial charge in [0.1, 0.15) is 0 Å². The molecule has 0 spiro atoms. The molecule has 1 heterocycles. The molecule has 1 aliphatic heterocycles. The van der Waals surface area contributed by atoms with E-state index >= 15 is 0 Å². The van der Waals surface area contributed by atoms with Crippen molar-refractivity contribution in [3.8, 4) is 0 Å². The monoisotopic (exact) mass is 205 g/mol. The first kappa shape index (κ1) is 9.71. The maximum Gasteiger partial charge on any atom is 0.307 e. The van der Waals surface area contributed by atoms with Crippen LogP contribution in [-0.2, 0) is 22.4 Å². The molecule has 1 amide bonds. The van der Waals surface area contributed by atoms with Crippen LogP contribution in [0.25, 0.3) is 0 Å². The van der Waals surface area contributed by atoms with E-state index in [1.165, 1.54) is 0 Å². The molecule has 15 heavy (non-hydrogen) atoms. The zero-order valence-electron chi connectivity index (χ0n) is 8.12. The second kappa shape index (κ2) is 3.73. The van der Waals surface area contributed by atoms with Gasteiger partial charge in [-0.3, -0.25) is 9.59 Å². The Morgan fingerprint density at radius 2 is 2.20 bits per heavy atom. The second-order valence-electron chi connectivity index (χ2n) is 3.61. The Kier molecular flexibility index (Phi) is 2.41. The topological polar surface area (TPSA) is 66.4 Å². The van der Waals surface area contributed by atoms with Crippen LogP contribution in [0.4, 0.5) is 5.69 Å². The van der Waals surface area contributed by atoms with Gasteiger partial charge < -0.3 is 10.4 Å². The normalized spacial score (nSPS) is 14.3. The number of carbonyl (C=O) groups excluding carboxylic acids is 1. The SMILES string of the molecule is O=C(O)Cc1ccc2c(c1)CCC(=O)N2. The van der Waals surface area contributed by atoms with Gasteiger partial charge in [0.2, 0.25) is 5.91 Å². The summed E-state index contributed by atoms with van der Waals surface area (Å²) >= 11 is 0. The Bertz CT molecular complexity index is 426. The minimum atomic E-state index is -0.838. The lowest BCUT2D eigenvalue weighted by Gasteiger charge is -2.17. The third-order valence-corrected chi connectivity index (χ3v) is 2.42. The van der Waals surface area contributed by atoms with E-state index in [0.29, 0.717) is 12.8 Å². The van der Waals surface area contributed by atoms with Gasteiger partial charge in [0, 0.05) is 12.1 Å². The molecule has 0 radical (unpaired) electrons. The quantitative estimate of drug-likeness (QED) is 0.762. The van der Waals surface area contributed by atoms with E-state index in [4.69, 9.17) is 5.11 Å². The molecule has 0 bridgehead atoms. The number of benzene rings is 1. The molecule has 78 valence electrons. The van der Waals surface area contributed by atoms with Crippen LogP contribution < -0.4 is 5.32 Å². The molecule has 4 nitrogen and oxygen atoms in total. The Balaban J connectivity index is 2.26. The van der Waals surface area contributed by atoms with E-state index in [1.54, 1.807) is 12.1 Å². The van der Waals surface area contributed by atoms with Crippen LogP contribution in [-0.4, -0.2) is 17.0 Å². The predicted octanol–water partition coefficient (Wildman–Crippen LogP) is 1.20. The van der Waals surface area contributed by atoms with Crippen molar-refractivity contribution < 1.29 is 14.7 Å². The number of carboxylic acid groups (broad SMARTS) is 1. The third-order valence-electron chi connectivity index (χ3n) is 2.42. The van der Waals surface area contributed by atoms with Crippen LogP contribution in [0, 0.1) is 0 Å². The van der Waals surface area contributed by atoms with Gasteiger partial charge in [-0.2, -0.15) is 0 Å². The van der Waals surface area contributed by atoms with E-state index < -0.39 is 5.97 Å². The number of fused-ring (bicyclic) bond motifs is 1. The van der Waals surface area contributed by atoms with Gasteiger partial charge in [-0.25, -0.2) is 0 Å². The number of carboxylic acids is 1. The molecule has 0 fully saturated rings. The van der Waals surface area contributed by atoms with Crippen molar-refractivity contribution in [1.82, 2.24) is 0 Å². The Morgan fingerprint density at radius 1 is 1.40 bits per heavy atom. The van der Waals surface area contributed by atoms with Crippen molar-refractivity contribution in [2.24, 2.45) is 0 Å². The fraction of sp³-hybridized carbons (Fsp3) is 0.273. The van der Waals surface area contributed by atoms with Crippen molar-refractivity contribution in [3.05, 3.63) is 29.3 Å². The number of nitrogens with one attached hydrogen (secondary N) is 1. The average Bonchev–Trinajstić information content (AvgIpc) is 2.17. The molecule has 2 rings (SSSR count). The number of anilines is 1. The van der Waals surface area contributed by atoms with Crippen molar-refractivity contribution >= 4 is 17.6 Å². The second-order valence-corrected chi connectivity index (χ2v) is 3.61. The van der Waals surface area contributed by atoms with E-state index in [0.717, 1.165) is 16.8 Å². The highest BCUT2D eigenvalue weighted by Gasteiger charge is 2.15. The summed E-state index contributed by atoms with van der Waals surface area (Å²) in [6, 6.07) is 5.35. The predicted molar refractivity (Wildman–Crippen MR) is 54.7 cm³/mol. The van der Waals surface area contributed by atoms with E-state index in [-0.39, 0.29) is 12.3 Å². The molecular weight excluding hydrogens is 194 g/mol. The molecule has 0 unspecified atom stereocenters. The standard InChI is InChI=1S/C11H11NO3/c13-10-4-2-8-5-7(6-11(14)15)1-3-9(8)12-10/h1,3,5H,2,4,6H2,(H,12,13)(H,14,15).